The third-order valence-corrected chi connectivity index (χ3v) is 4.75. The largest absolute Gasteiger partial charge is 0.316 e. The van der Waals surface area contributed by atoms with Crippen LogP contribution in [0.5, 0.6) is 0 Å². The van der Waals surface area contributed by atoms with Crippen molar-refractivity contribution in [1.29, 1.82) is 0 Å². The molecule has 0 saturated heterocycles. The highest BCUT2D eigenvalue weighted by atomic mass is 32.1. The van der Waals surface area contributed by atoms with Crippen LogP contribution in [0.3, 0.4) is 0 Å². The molecule has 0 aliphatic rings. The Hall–Kier alpha value is -1.00. The number of aromatic nitrogens is 2. The Kier molecular flexibility index (Phi) is 3.97. The molecular formula is C14H21N3S. The lowest BCUT2D eigenvalue weighted by Crippen LogP contribution is -2.33. The Bertz CT molecular complexity index is 545. The number of nitrogens with zero attached hydrogens (tertiary/aromatic N) is 2. The average molecular weight is 263 g/mol. The summed E-state index contributed by atoms with van der Waals surface area (Å²) in [6.45, 7) is 8.81. The quantitative estimate of drug-likeness (QED) is 0.921. The maximum atomic E-state index is 4.51. The number of hydrogen-bond donors (Lipinski definition) is 1. The molecule has 0 fully saturated rings. The van der Waals surface area contributed by atoms with Crippen LogP contribution in [0.15, 0.2) is 6.33 Å². The van der Waals surface area contributed by atoms with Gasteiger partial charge in [-0.2, -0.15) is 0 Å². The van der Waals surface area contributed by atoms with Crippen LogP contribution in [0.1, 0.15) is 30.0 Å². The topological polar surface area (TPSA) is 37.8 Å². The van der Waals surface area contributed by atoms with Gasteiger partial charge in [0, 0.05) is 22.7 Å². The SMILES string of the molecule is CNC(Cc1ncnc2sc(C)c(C)c12)C(C)C. The van der Waals surface area contributed by atoms with Crippen molar-refractivity contribution in [3.05, 3.63) is 22.5 Å². The fourth-order valence-electron chi connectivity index (χ4n) is 2.29. The highest BCUT2D eigenvalue weighted by Crippen LogP contribution is 2.30. The van der Waals surface area contributed by atoms with Gasteiger partial charge in [-0.15, -0.1) is 11.3 Å². The first kappa shape index (κ1) is 13.4. The molecule has 98 valence electrons. The van der Waals surface area contributed by atoms with E-state index in [9.17, 15) is 0 Å². The highest BCUT2D eigenvalue weighted by Gasteiger charge is 2.17. The van der Waals surface area contributed by atoms with Crippen LogP contribution in [0, 0.1) is 19.8 Å². The molecule has 2 aromatic heterocycles. The van der Waals surface area contributed by atoms with E-state index in [2.05, 4.69) is 43.0 Å². The molecule has 0 aliphatic heterocycles. The molecule has 18 heavy (non-hydrogen) atoms. The Labute approximate surface area is 113 Å². The Morgan fingerprint density at radius 2 is 2.00 bits per heavy atom. The molecule has 0 aliphatic carbocycles. The van der Waals surface area contributed by atoms with Gasteiger partial charge >= 0.3 is 0 Å². The van der Waals surface area contributed by atoms with E-state index in [0.717, 1.165) is 11.3 Å². The number of nitrogens with one attached hydrogen (secondary N) is 1. The Morgan fingerprint density at radius 1 is 1.28 bits per heavy atom. The zero-order chi connectivity index (χ0) is 13.3. The molecule has 1 unspecified atom stereocenters. The van der Waals surface area contributed by atoms with Crippen LogP contribution < -0.4 is 5.32 Å². The van der Waals surface area contributed by atoms with Crippen LogP contribution >= 0.6 is 11.3 Å². The normalized spacial score (nSPS) is 13.4. The molecule has 2 heterocycles. The maximum Gasteiger partial charge on any atom is 0.127 e. The monoisotopic (exact) mass is 263 g/mol. The van der Waals surface area contributed by atoms with Crippen molar-refractivity contribution in [3.63, 3.8) is 0 Å². The summed E-state index contributed by atoms with van der Waals surface area (Å²) < 4.78 is 0. The standard InChI is InChI=1S/C14H21N3S/c1-8(2)11(15-5)6-12-13-9(3)10(4)18-14(13)17-7-16-12/h7-8,11,15H,6H2,1-5H3. The summed E-state index contributed by atoms with van der Waals surface area (Å²) in [5, 5.41) is 4.65. The summed E-state index contributed by atoms with van der Waals surface area (Å²) in [7, 11) is 2.02. The van der Waals surface area contributed by atoms with E-state index in [1.54, 1.807) is 17.7 Å². The number of rotatable bonds is 4. The third kappa shape index (κ3) is 2.40. The predicted octanol–water partition coefficient (Wildman–Crippen LogP) is 3.09. The Balaban J connectivity index is 2.44. The molecule has 2 rings (SSSR count). The second-order valence-electron chi connectivity index (χ2n) is 5.13. The van der Waals surface area contributed by atoms with Gasteiger partial charge in [-0.05, 0) is 32.4 Å². The van der Waals surface area contributed by atoms with Crippen molar-refractivity contribution in [2.24, 2.45) is 5.92 Å². The molecule has 4 heteroatoms. The minimum absolute atomic E-state index is 0.461. The Morgan fingerprint density at radius 3 is 2.61 bits per heavy atom. The smallest absolute Gasteiger partial charge is 0.127 e. The van der Waals surface area contributed by atoms with Crippen molar-refractivity contribution in [3.8, 4) is 0 Å². The second kappa shape index (κ2) is 5.33. The molecule has 0 aromatic carbocycles. The molecule has 0 saturated carbocycles. The average Bonchev–Trinajstić information content (AvgIpc) is 2.62. The lowest BCUT2D eigenvalue weighted by atomic mass is 9.97. The minimum Gasteiger partial charge on any atom is -0.316 e. The summed E-state index contributed by atoms with van der Waals surface area (Å²) in [4.78, 5) is 11.4. The first-order valence-electron chi connectivity index (χ1n) is 6.41. The summed E-state index contributed by atoms with van der Waals surface area (Å²) in [5.74, 6) is 0.597. The molecule has 1 atom stereocenters. The van der Waals surface area contributed by atoms with E-state index in [1.165, 1.54) is 21.5 Å². The fraction of sp³-hybridized carbons (Fsp3) is 0.571. The lowest BCUT2D eigenvalue weighted by molar-refractivity contribution is 0.422. The molecule has 0 spiro atoms. The molecule has 0 bridgehead atoms. The molecule has 2 aromatic rings. The minimum atomic E-state index is 0.461. The first-order valence-corrected chi connectivity index (χ1v) is 7.23. The zero-order valence-electron chi connectivity index (χ0n) is 11.7. The zero-order valence-corrected chi connectivity index (χ0v) is 12.6. The van der Waals surface area contributed by atoms with Crippen LogP contribution in [-0.4, -0.2) is 23.1 Å². The van der Waals surface area contributed by atoms with Gasteiger partial charge in [0.15, 0.2) is 0 Å². The summed E-state index contributed by atoms with van der Waals surface area (Å²) in [6.07, 6.45) is 2.66. The van der Waals surface area contributed by atoms with Crippen LogP contribution in [-0.2, 0) is 6.42 Å². The van der Waals surface area contributed by atoms with E-state index in [0.29, 0.717) is 12.0 Å². The van der Waals surface area contributed by atoms with Crippen LogP contribution in [0.4, 0.5) is 0 Å². The molecular weight excluding hydrogens is 242 g/mol. The van der Waals surface area contributed by atoms with Crippen molar-refractivity contribution in [1.82, 2.24) is 15.3 Å². The molecule has 3 nitrogen and oxygen atoms in total. The van der Waals surface area contributed by atoms with Gasteiger partial charge in [0.1, 0.15) is 11.2 Å². The molecule has 0 amide bonds. The number of aryl methyl sites for hydroxylation is 2. The molecule has 1 N–H and O–H groups in total. The number of likely N-dealkylation sites (N-methyl/N-ethyl adjacent to an activating group) is 1. The number of fused-ring (bicyclic) bond motifs is 1. The maximum absolute atomic E-state index is 4.51. The third-order valence-electron chi connectivity index (χ3n) is 3.63. The van der Waals surface area contributed by atoms with Gasteiger partial charge in [-0.25, -0.2) is 9.97 Å². The van der Waals surface area contributed by atoms with E-state index in [-0.39, 0.29) is 0 Å². The van der Waals surface area contributed by atoms with Crippen LogP contribution in [0.2, 0.25) is 0 Å². The number of hydrogen-bond acceptors (Lipinski definition) is 4. The molecule has 0 radical (unpaired) electrons. The predicted molar refractivity (Wildman–Crippen MR) is 78.3 cm³/mol. The van der Waals surface area contributed by atoms with Crippen molar-refractivity contribution < 1.29 is 0 Å². The summed E-state index contributed by atoms with van der Waals surface area (Å²) >= 11 is 1.76. The van der Waals surface area contributed by atoms with Crippen LogP contribution in [0.25, 0.3) is 10.2 Å². The van der Waals surface area contributed by atoms with Gasteiger partial charge < -0.3 is 5.32 Å². The van der Waals surface area contributed by atoms with E-state index < -0.39 is 0 Å². The number of thiophene rings is 1. The van der Waals surface area contributed by atoms with Crippen molar-refractivity contribution in [2.45, 2.75) is 40.2 Å². The fourth-order valence-corrected chi connectivity index (χ4v) is 3.31. The van der Waals surface area contributed by atoms with E-state index in [1.807, 2.05) is 7.05 Å². The highest BCUT2D eigenvalue weighted by molar-refractivity contribution is 7.18. The van der Waals surface area contributed by atoms with Gasteiger partial charge in [-0.3, -0.25) is 0 Å². The first-order chi connectivity index (χ1) is 8.54. The van der Waals surface area contributed by atoms with Gasteiger partial charge in [-0.1, -0.05) is 13.8 Å². The lowest BCUT2D eigenvalue weighted by Gasteiger charge is -2.20. The van der Waals surface area contributed by atoms with E-state index in [4.69, 9.17) is 0 Å². The summed E-state index contributed by atoms with van der Waals surface area (Å²) in [5.41, 5.74) is 2.51. The van der Waals surface area contributed by atoms with Gasteiger partial charge in [0.2, 0.25) is 0 Å². The van der Waals surface area contributed by atoms with E-state index >= 15 is 0 Å². The van der Waals surface area contributed by atoms with Gasteiger partial charge in [0.25, 0.3) is 0 Å². The second-order valence-corrected chi connectivity index (χ2v) is 6.33. The summed E-state index contributed by atoms with van der Waals surface area (Å²) in [6, 6.07) is 0.461. The van der Waals surface area contributed by atoms with Crippen molar-refractivity contribution in [2.75, 3.05) is 7.05 Å². The van der Waals surface area contributed by atoms with Gasteiger partial charge in [0.05, 0.1) is 5.69 Å². The van der Waals surface area contributed by atoms with Crippen molar-refractivity contribution >= 4 is 21.6 Å².